The van der Waals surface area contributed by atoms with Gasteiger partial charge >= 0.3 is 0 Å². The molecule has 3 rings (SSSR count). The maximum atomic E-state index is 13.0. The minimum atomic E-state index is -0.378. The molecule has 0 radical (unpaired) electrons. The Morgan fingerprint density at radius 2 is 2.06 bits per heavy atom. The van der Waals surface area contributed by atoms with Crippen molar-refractivity contribution in [2.45, 2.75) is 51.7 Å². The van der Waals surface area contributed by atoms with E-state index in [4.69, 9.17) is 10.00 Å². The number of rotatable bonds is 10. The maximum Gasteiger partial charge on any atom is 0.248 e. The van der Waals surface area contributed by atoms with Crippen molar-refractivity contribution in [3.8, 4) is 6.07 Å². The molecule has 0 spiro atoms. The van der Waals surface area contributed by atoms with E-state index >= 15 is 0 Å². The van der Waals surface area contributed by atoms with Gasteiger partial charge in [0.25, 0.3) is 0 Å². The molecule has 7 heteroatoms. The first-order chi connectivity index (χ1) is 15.0. The number of pyridine rings is 2. The summed E-state index contributed by atoms with van der Waals surface area (Å²) >= 11 is 0. The molecule has 1 amide bonds. The second kappa shape index (κ2) is 10.4. The molecule has 0 aromatic carbocycles. The van der Waals surface area contributed by atoms with E-state index in [0.717, 1.165) is 37.2 Å². The normalized spacial score (nSPS) is 15.4. The summed E-state index contributed by atoms with van der Waals surface area (Å²) in [5, 5.41) is 8.98. The van der Waals surface area contributed by atoms with Crippen LogP contribution < -0.4 is 4.90 Å². The maximum absolute atomic E-state index is 13.0. The van der Waals surface area contributed by atoms with Gasteiger partial charge in [-0.1, -0.05) is 6.07 Å². The predicted molar refractivity (Wildman–Crippen MR) is 119 cm³/mol. The first-order valence-corrected chi connectivity index (χ1v) is 11.0. The number of hydrogen-bond acceptors (Lipinski definition) is 6. The van der Waals surface area contributed by atoms with Crippen molar-refractivity contribution in [2.75, 3.05) is 31.1 Å². The number of likely N-dealkylation sites (N-methyl/N-ethyl adjacent to an activating group) is 2. The average Bonchev–Trinajstić information content (AvgIpc) is 2.78. The lowest BCUT2D eigenvalue weighted by Crippen LogP contribution is -2.47. The van der Waals surface area contributed by atoms with Crippen LogP contribution in [0.2, 0.25) is 0 Å². The molecule has 0 bridgehead atoms. The van der Waals surface area contributed by atoms with Crippen molar-refractivity contribution in [1.82, 2.24) is 14.9 Å². The second-order valence-corrected chi connectivity index (χ2v) is 7.96. The van der Waals surface area contributed by atoms with E-state index in [0.29, 0.717) is 18.7 Å². The lowest BCUT2D eigenvalue weighted by atomic mass is 9.75. The van der Waals surface area contributed by atoms with E-state index in [1.165, 1.54) is 0 Å². The molecular formula is C24H31N5O2. The summed E-state index contributed by atoms with van der Waals surface area (Å²) in [6.07, 6.45) is 8.11. The fourth-order valence-corrected chi connectivity index (χ4v) is 4.08. The number of nitriles is 1. The van der Waals surface area contributed by atoms with Gasteiger partial charge in [0.1, 0.15) is 18.5 Å². The molecule has 2 aromatic heterocycles. The molecule has 1 atom stereocenters. The molecule has 1 saturated carbocycles. The summed E-state index contributed by atoms with van der Waals surface area (Å²) in [6.45, 7) is 8.15. The summed E-state index contributed by atoms with van der Waals surface area (Å²) in [5.41, 5.74) is 1.21. The van der Waals surface area contributed by atoms with Crippen LogP contribution in [0.3, 0.4) is 0 Å². The largest absolute Gasteiger partial charge is 0.360 e. The van der Waals surface area contributed by atoms with Crippen LogP contribution in [0.5, 0.6) is 0 Å². The molecular weight excluding hydrogens is 390 g/mol. The third-order valence-electron chi connectivity index (χ3n) is 6.08. The first kappa shape index (κ1) is 22.7. The second-order valence-electron chi connectivity index (χ2n) is 7.96. The fraction of sp³-hybridized carbons (Fsp3) is 0.500. The highest BCUT2D eigenvalue weighted by Gasteiger charge is 2.40. The molecule has 1 aliphatic rings. The zero-order valence-corrected chi connectivity index (χ0v) is 18.6. The Morgan fingerprint density at radius 3 is 2.58 bits per heavy atom. The monoisotopic (exact) mass is 421 g/mol. The van der Waals surface area contributed by atoms with Crippen LogP contribution in [-0.4, -0.2) is 53.1 Å². The molecule has 2 heterocycles. The number of ether oxygens (including phenoxy) is 1. The molecule has 1 unspecified atom stereocenters. The number of carbonyl (C=O) groups excluding carboxylic acids is 1. The molecule has 164 valence electrons. The third-order valence-corrected chi connectivity index (χ3v) is 6.08. The number of amides is 1. The molecule has 1 fully saturated rings. The molecule has 2 aromatic rings. The first-order valence-electron chi connectivity index (χ1n) is 11.0. The Balaban J connectivity index is 1.61. The van der Waals surface area contributed by atoms with E-state index in [9.17, 15) is 4.79 Å². The smallest absolute Gasteiger partial charge is 0.248 e. The van der Waals surface area contributed by atoms with Gasteiger partial charge in [-0.2, -0.15) is 5.26 Å². The van der Waals surface area contributed by atoms with Crippen LogP contribution in [0.25, 0.3) is 0 Å². The van der Waals surface area contributed by atoms with Crippen molar-refractivity contribution >= 4 is 11.7 Å². The van der Waals surface area contributed by atoms with E-state index in [2.05, 4.69) is 34.8 Å². The molecule has 0 saturated heterocycles. The van der Waals surface area contributed by atoms with Crippen LogP contribution in [0.4, 0.5) is 5.82 Å². The van der Waals surface area contributed by atoms with Gasteiger partial charge < -0.3 is 14.5 Å². The highest BCUT2D eigenvalue weighted by molar-refractivity contribution is 5.77. The number of aromatic nitrogens is 2. The SMILES string of the molecule is CCN(CC(C)N(CC)c1ccc(C#N)cn1)C(=O)COC1(c2cccnc2)CCC1. The number of nitrogens with zero attached hydrogens (tertiary/aromatic N) is 5. The van der Waals surface area contributed by atoms with E-state index in [-0.39, 0.29) is 24.2 Å². The summed E-state index contributed by atoms with van der Waals surface area (Å²) in [6, 6.07) is 9.73. The Kier molecular flexibility index (Phi) is 7.59. The lowest BCUT2D eigenvalue weighted by molar-refractivity contribution is -0.153. The van der Waals surface area contributed by atoms with E-state index < -0.39 is 0 Å². The lowest BCUT2D eigenvalue weighted by Gasteiger charge is -2.42. The van der Waals surface area contributed by atoms with Crippen molar-refractivity contribution < 1.29 is 9.53 Å². The molecule has 0 aliphatic heterocycles. The highest BCUT2D eigenvalue weighted by atomic mass is 16.5. The van der Waals surface area contributed by atoms with Crippen molar-refractivity contribution in [2.24, 2.45) is 0 Å². The zero-order valence-electron chi connectivity index (χ0n) is 18.6. The topological polar surface area (TPSA) is 82.3 Å². The fourth-order valence-electron chi connectivity index (χ4n) is 4.08. The van der Waals surface area contributed by atoms with Gasteiger partial charge in [-0.05, 0) is 58.2 Å². The zero-order chi connectivity index (χ0) is 22.3. The summed E-state index contributed by atoms with van der Waals surface area (Å²) in [5.74, 6) is 0.798. The summed E-state index contributed by atoms with van der Waals surface area (Å²) < 4.78 is 6.19. The minimum Gasteiger partial charge on any atom is -0.360 e. The number of anilines is 1. The van der Waals surface area contributed by atoms with Crippen molar-refractivity contribution in [3.63, 3.8) is 0 Å². The highest BCUT2D eigenvalue weighted by Crippen LogP contribution is 2.44. The van der Waals surface area contributed by atoms with E-state index in [1.807, 2.05) is 36.2 Å². The van der Waals surface area contributed by atoms with Crippen molar-refractivity contribution in [1.29, 1.82) is 5.26 Å². The van der Waals surface area contributed by atoms with Crippen LogP contribution in [0, 0.1) is 11.3 Å². The summed E-state index contributed by atoms with van der Waals surface area (Å²) in [4.78, 5) is 25.6. The standard InChI is InChI=1S/C24H31N5O2/c1-4-28(17-19(3)29(5-2)22-10-9-20(14-25)15-27-22)23(30)18-31-24(11-7-12-24)21-8-6-13-26-16-21/h6,8-10,13,15-16,19H,4-5,7,11-12,17-18H2,1-3H3. The van der Waals surface area contributed by atoms with Gasteiger partial charge in [0.2, 0.25) is 5.91 Å². The molecule has 0 N–H and O–H groups in total. The summed E-state index contributed by atoms with van der Waals surface area (Å²) in [7, 11) is 0. The van der Waals surface area contributed by atoms with Gasteiger partial charge in [0, 0.05) is 49.8 Å². The molecule has 7 nitrogen and oxygen atoms in total. The average molecular weight is 422 g/mol. The van der Waals surface area contributed by atoms with Crippen LogP contribution >= 0.6 is 0 Å². The quantitative estimate of drug-likeness (QED) is 0.584. The Hall–Kier alpha value is -2.98. The van der Waals surface area contributed by atoms with E-state index in [1.54, 1.807) is 18.5 Å². The Labute approximate surface area is 184 Å². The third kappa shape index (κ3) is 5.20. The van der Waals surface area contributed by atoms with Gasteiger partial charge in [-0.3, -0.25) is 9.78 Å². The Morgan fingerprint density at radius 1 is 1.26 bits per heavy atom. The Bertz CT molecular complexity index is 890. The molecule has 31 heavy (non-hydrogen) atoms. The van der Waals surface area contributed by atoms with Gasteiger partial charge in [-0.25, -0.2) is 4.98 Å². The predicted octanol–water partition coefficient (Wildman–Crippen LogP) is 3.51. The van der Waals surface area contributed by atoms with Gasteiger partial charge in [0.05, 0.1) is 11.2 Å². The number of carbonyl (C=O) groups is 1. The number of hydrogen-bond donors (Lipinski definition) is 0. The van der Waals surface area contributed by atoms with Gasteiger partial charge in [0.15, 0.2) is 0 Å². The van der Waals surface area contributed by atoms with Crippen LogP contribution in [0.15, 0.2) is 42.9 Å². The molecule has 1 aliphatic carbocycles. The van der Waals surface area contributed by atoms with Crippen molar-refractivity contribution in [3.05, 3.63) is 54.0 Å². The van der Waals surface area contributed by atoms with Gasteiger partial charge in [-0.15, -0.1) is 0 Å². The minimum absolute atomic E-state index is 0.00615. The van der Waals surface area contributed by atoms with Crippen LogP contribution in [-0.2, 0) is 15.1 Å². The van der Waals surface area contributed by atoms with Crippen LogP contribution in [0.1, 0.15) is 51.2 Å².